The number of hydrogen-bond acceptors (Lipinski definition) is 3. The van der Waals surface area contributed by atoms with E-state index in [1.807, 2.05) is 17.8 Å². The van der Waals surface area contributed by atoms with Crippen molar-refractivity contribution in [1.82, 2.24) is 9.47 Å². The van der Waals surface area contributed by atoms with E-state index in [0.717, 1.165) is 45.7 Å². The van der Waals surface area contributed by atoms with Crippen LogP contribution in [0, 0.1) is 11.8 Å². The molecule has 11 rings (SSSR count). The summed E-state index contributed by atoms with van der Waals surface area (Å²) in [6, 6.07) is 39.0. The molecule has 9 unspecified atom stereocenters. The van der Waals surface area contributed by atoms with Gasteiger partial charge in [-0.3, -0.25) is 4.90 Å². The molecule has 52 heavy (non-hydrogen) atoms. The van der Waals surface area contributed by atoms with Gasteiger partial charge in [0.25, 0.3) is 0 Å². The van der Waals surface area contributed by atoms with E-state index in [4.69, 9.17) is 6.58 Å². The predicted octanol–water partition coefficient (Wildman–Crippen LogP) is 10.7. The molecule has 0 amide bonds. The summed E-state index contributed by atoms with van der Waals surface area (Å²) in [5, 5.41) is 5.25. The first kappa shape index (κ1) is 32.0. The normalized spacial score (nSPS) is 32.0. The van der Waals surface area contributed by atoms with E-state index in [-0.39, 0.29) is 0 Å². The molecule has 5 aromatic rings. The quantitative estimate of drug-likeness (QED) is 0.183. The van der Waals surface area contributed by atoms with E-state index >= 15 is 0 Å². The molecule has 3 aliphatic carbocycles. The number of aromatic nitrogens is 1. The lowest BCUT2D eigenvalue weighted by Gasteiger charge is -2.55. The highest BCUT2D eigenvalue weighted by atomic mass is 32.2. The molecular formula is C48H48N2S2. The van der Waals surface area contributed by atoms with Gasteiger partial charge in [0.2, 0.25) is 0 Å². The first-order valence-electron chi connectivity index (χ1n) is 20.0. The van der Waals surface area contributed by atoms with Gasteiger partial charge in [-0.15, -0.1) is 0 Å². The fourth-order valence-corrected chi connectivity index (χ4v) is 15.5. The van der Waals surface area contributed by atoms with Gasteiger partial charge in [0.1, 0.15) is 0 Å². The molecule has 4 heterocycles. The van der Waals surface area contributed by atoms with Gasteiger partial charge in [-0.25, -0.2) is 0 Å². The van der Waals surface area contributed by atoms with Crippen LogP contribution in [0.25, 0.3) is 39.2 Å². The highest BCUT2D eigenvalue weighted by Gasteiger charge is 2.60. The zero-order valence-corrected chi connectivity index (χ0v) is 31.6. The van der Waals surface area contributed by atoms with Crippen molar-refractivity contribution in [3.8, 4) is 16.8 Å². The highest BCUT2D eigenvalue weighted by molar-refractivity contribution is 8.08. The van der Waals surface area contributed by atoms with Crippen LogP contribution in [0.4, 0.5) is 0 Å². The lowest BCUT2D eigenvalue weighted by atomic mass is 9.69. The summed E-state index contributed by atoms with van der Waals surface area (Å²) in [6.45, 7) is 9.05. The predicted molar refractivity (Wildman–Crippen MR) is 222 cm³/mol. The zero-order chi connectivity index (χ0) is 34.5. The monoisotopic (exact) mass is 716 g/mol. The van der Waals surface area contributed by atoms with Gasteiger partial charge >= 0.3 is 0 Å². The molecular weight excluding hydrogens is 669 g/mol. The number of thioether (sulfide) groups is 2. The minimum atomic E-state index is 0.629. The summed E-state index contributed by atoms with van der Waals surface area (Å²) < 4.78 is 2.48. The van der Waals surface area contributed by atoms with Gasteiger partial charge in [-0.05, 0) is 109 Å². The maximum atomic E-state index is 4.76. The Kier molecular flexibility index (Phi) is 7.74. The third-order valence-corrected chi connectivity index (χ3v) is 17.3. The number of nitrogens with zero attached hydrogens (tertiary/aromatic N) is 2. The van der Waals surface area contributed by atoms with Crippen molar-refractivity contribution in [1.29, 1.82) is 0 Å². The summed E-state index contributed by atoms with van der Waals surface area (Å²) in [5.74, 6) is 3.06. The molecule has 2 nitrogen and oxygen atoms in total. The SMILES string of the molecule is C=CC1=c2c(=C)c3cc(C4CCC5C(C4)C4CCCC6SC7C(c8ccccc8)CCCC7N5C64)ccc3n2-c2cccc(-c3ccccc3)c2S1. The van der Waals surface area contributed by atoms with Crippen LogP contribution in [0.3, 0.4) is 0 Å². The maximum absolute atomic E-state index is 4.76. The second-order valence-electron chi connectivity index (χ2n) is 16.6. The summed E-state index contributed by atoms with van der Waals surface area (Å²) in [5.41, 5.74) is 8.19. The Morgan fingerprint density at radius 1 is 0.731 bits per heavy atom. The van der Waals surface area contributed by atoms with Crippen LogP contribution < -0.4 is 10.6 Å². The first-order valence-corrected chi connectivity index (χ1v) is 21.8. The molecule has 0 bridgehead atoms. The molecule has 5 fully saturated rings. The summed E-state index contributed by atoms with van der Waals surface area (Å²) >= 11 is 4.29. The first-order chi connectivity index (χ1) is 25.7. The van der Waals surface area contributed by atoms with Crippen molar-refractivity contribution < 1.29 is 0 Å². The molecule has 0 radical (unpaired) electrons. The number of fused-ring (bicyclic) bond motifs is 10. The zero-order valence-electron chi connectivity index (χ0n) is 30.0. The molecule has 4 heteroatoms. The topological polar surface area (TPSA) is 8.17 Å². The standard InChI is InChI=1S/C48H48N2S2/c1-3-43-45-29(2)37-27-32(23-25-39(37)49(45)41-20-10-17-34(47(41)51-43)30-13-6-4-7-14-30)33-24-26-40-38(28-33)36-19-12-22-44-46(36)50(40)42-21-11-18-35(48(42)52-44)31-15-8-5-9-16-31/h3-10,13-17,20,23,25,27,33,35-36,38,40,42,44,46,48H,1-2,11-12,18-19,21-22,24,26,28H2. The van der Waals surface area contributed by atoms with Crippen LogP contribution in [0.1, 0.15) is 80.8 Å². The van der Waals surface area contributed by atoms with E-state index in [1.165, 1.54) is 106 Å². The van der Waals surface area contributed by atoms with Crippen LogP contribution >= 0.6 is 23.5 Å². The third-order valence-electron chi connectivity index (χ3n) is 14.2. The molecule has 9 atom stereocenters. The molecule has 262 valence electrons. The summed E-state index contributed by atoms with van der Waals surface area (Å²) in [4.78, 5) is 5.71. The highest BCUT2D eigenvalue weighted by Crippen LogP contribution is 2.61. The van der Waals surface area contributed by atoms with Crippen LogP contribution in [0.5, 0.6) is 0 Å². The second kappa shape index (κ2) is 12.6. The van der Waals surface area contributed by atoms with Gasteiger partial charge in [-0.1, -0.05) is 123 Å². The lowest BCUT2D eigenvalue weighted by Crippen LogP contribution is -2.60. The van der Waals surface area contributed by atoms with Gasteiger partial charge in [0, 0.05) is 49.0 Å². The van der Waals surface area contributed by atoms with Crippen molar-refractivity contribution >= 4 is 45.9 Å². The number of rotatable bonds is 4. The molecule has 0 spiro atoms. The van der Waals surface area contributed by atoms with Crippen molar-refractivity contribution in [2.75, 3.05) is 0 Å². The molecule has 0 N–H and O–H groups in total. The second-order valence-corrected chi connectivity index (χ2v) is 19.0. The minimum absolute atomic E-state index is 0.629. The van der Waals surface area contributed by atoms with E-state index in [1.54, 1.807) is 5.56 Å². The van der Waals surface area contributed by atoms with Crippen molar-refractivity contribution in [3.63, 3.8) is 0 Å². The van der Waals surface area contributed by atoms with Gasteiger partial charge < -0.3 is 4.57 Å². The molecule has 4 aromatic carbocycles. The maximum Gasteiger partial charge on any atom is 0.0674 e. The number of benzene rings is 4. The summed E-state index contributed by atoms with van der Waals surface area (Å²) in [6.07, 6.45) is 14.5. The Bertz CT molecular complexity index is 2310. The minimum Gasteiger partial charge on any atom is -0.307 e. The summed E-state index contributed by atoms with van der Waals surface area (Å²) in [7, 11) is 0. The average Bonchev–Trinajstić information content (AvgIpc) is 3.70. The Labute approximate surface area is 317 Å². The van der Waals surface area contributed by atoms with Gasteiger partial charge in [-0.2, -0.15) is 11.8 Å². The van der Waals surface area contributed by atoms with Crippen LogP contribution in [-0.4, -0.2) is 38.1 Å². The smallest absolute Gasteiger partial charge is 0.0674 e. The van der Waals surface area contributed by atoms with E-state index in [2.05, 4.69) is 125 Å². The Balaban J connectivity index is 0.937. The molecule has 3 saturated carbocycles. The van der Waals surface area contributed by atoms with Gasteiger partial charge in [0.15, 0.2) is 0 Å². The fourth-order valence-electron chi connectivity index (χ4n) is 12.2. The number of hydrogen-bond donors (Lipinski definition) is 0. The van der Waals surface area contributed by atoms with Crippen LogP contribution in [0.2, 0.25) is 0 Å². The van der Waals surface area contributed by atoms with Gasteiger partial charge in [0.05, 0.1) is 16.6 Å². The molecule has 6 aliphatic rings. The Hall–Kier alpha value is -3.44. The average molecular weight is 717 g/mol. The van der Waals surface area contributed by atoms with E-state index in [9.17, 15) is 0 Å². The largest absolute Gasteiger partial charge is 0.307 e. The lowest BCUT2D eigenvalue weighted by molar-refractivity contribution is 0.0557. The van der Waals surface area contributed by atoms with Crippen molar-refractivity contribution in [3.05, 3.63) is 131 Å². The fraction of sp³-hybridized carbons (Fsp3) is 0.375. The van der Waals surface area contributed by atoms with E-state index < -0.39 is 0 Å². The third kappa shape index (κ3) is 4.76. The van der Waals surface area contributed by atoms with Crippen molar-refractivity contribution in [2.24, 2.45) is 11.8 Å². The molecule has 2 saturated heterocycles. The molecule has 3 aliphatic heterocycles. The Morgan fingerprint density at radius 2 is 1.56 bits per heavy atom. The van der Waals surface area contributed by atoms with E-state index in [0.29, 0.717) is 11.8 Å². The van der Waals surface area contributed by atoms with Crippen LogP contribution in [0.15, 0.2) is 115 Å². The Morgan fingerprint density at radius 3 is 2.40 bits per heavy atom. The van der Waals surface area contributed by atoms with Crippen LogP contribution in [-0.2, 0) is 0 Å². The van der Waals surface area contributed by atoms with Crippen molar-refractivity contribution in [2.45, 2.75) is 103 Å². The molecule has 1 aromatic heterocycles.